The number of rotatable bonds is 4. The quantitative estimate of drug-likeness (QED) is 0.688. The summed E-state index contributed by atoms with van der Waals surface area (Å²) >= 11 is 0. The number of aliphatic carboxylic acids is 1. The van der Waals surface area contributed by atoms with Crippen LogP contribution in [0.1, 0.15) is 32.6 Å². The fourth-order valence-corrected chi connectivity index (χ4v) is 2.97. The zero-order chi connectivity index (χ0) is 13.3. The molecule has 2 amide bonds. The number of hydrogen-bond donors (Lipinski definition) is 2. The minimum absolute atomic E-state index is 0.153. The molecule has 0 bridgehead atoms. The lowest BCUT2D eigenvalue weighted by molar-refractivity contribution is -0.149. The summed E-state index contributed by atoms with van der Waals surface area (Å²) in [5.41, 5.74) is -0.749. The van der Waals surface area contributed by atoms with Gasteiger partial charge < -0.3 is 5.11 Å². The van der Waals surface area contributed by atoms with Gasteiger partial charge in [0.05, 0.1) is 17.9 Å². The normalized spacial score (nSPS) is 32.8. The highest BCUT2D eigenvalue weighted by atomic mass is 16.4. The SMILES string of the molecule is CCCC1(C(=O)O)CCN(C2CC(=O)NC2=O)C1. The van der Waals surface area contributed by atoms with E-state index in [1.165, 1.54) is 0 Å². The first kappa shape index (κ1) is 13.0. The van der Waals surface area contributed by atoms with E-state index in [1.807, 2.05) is 11.8 Å². The third-order valence-corrected chi connectivity index (χ3v) is 3.95. The maximum atomic E-state index is 11.6. The third kappa shape index (κ3) is 2.12. The second-order valence-electron chi connectivity index (χ2n) is 5.19. The summed E-state index contributed by atoms with van der Waals surface area (Å²) < 4.78 is 0. The van der Waals surface area contributed by atoms with Gasteiger partial charge in [-0.25, -0.2) is 0 Å². The monoisotopic (exact) mass is 254 g/mol. The van der Waals surface area contributed by atoms with Crippen LogP contribution in [0.15, 0.2) is 0 Å². The van der Waals surface area contributed by atoms with Crippen LogP contribution in [-0.4, -0.2) is 46.9 Å². The number of amides is 2. The second kappa shape index (κ2) is 4.68. The molecule has 0 aromatic rings. The van der Waals surface area contributed by atoms with Gasteiger partial charge in [0.25, 0.3) is 0 Å². The van der Waals surface area contributed by atoms with Crippen LogP contribution in [0.4, 0.5) is 0 Å². The molecule has 100 valence electrons. The molecule has 6 nitrogen and oxygen atoms in total. The van der Waals surface area contributed by atoms with Crippen LogP contribution in [-0.2, 0) is 14.4 Å². The van der Waals surface area contributed by atoms with Crippen LogP contribution in [0.3, 0.4) is 0 Å². The number of nitrogens with one attached hydrogen (secondary N) is 1. The summed E-state index contributed by atoms with van der Waals surface area (Å²) in [6, 6.07) is -0.476. The standard InChI is InChI=1S/C12H18N2O4/c1-2-3-12(11(17)18)4-5-14(7-12)8-6-9(15)13-10(8)16/h8H,2-7H2,1H3,(H,17,18)(H,13,15,16). The molecule has 0 radical (unpaired) electrons. The van der Waals surface area contributed by atoms with Crippen LogP contribution in [0.2, 0.25) is 0 Å². The smallest absolute Gasteiger partial charge is 0.310 e. The molecule has 2 fully saturated rings. The Morgan fingerprint density at radius 2 is 2.28 bits per heavy atom. The molecule has 2 rings (SSSR count). The van der Waals surface area contributed by atoms with Crippen molar-refractivity contribution in [3.05, 3.63) is 0 Å². The maximum Gasteiger partial charge on any atom is 0.310 e. The third-order valence-electron chi connectivity index (χ3n) is 3.95. The van der Waals surface area contributed by atoms with Gasteiger partial charge in [-0.3, -0.25) is 24.6 Å². The largest absolute Gasteiger partial charge is 0.481 e. The van der Waals surface area contributed by atoms with E-state index >= 15 is 0 Å². The Kier molecular flexibility index (Phi) is 3.38. The van der Waals surface area contributed by atoms with E-state index in [4.69, 9.17) is 0 Å². The fraction of sp³-hybridized carbons (Fsp3) is 0.750. The Morgan fingerprint density at radius 3 is 2.78 bits per heavy atom. The van der Waals surface area contributed by atoms with Crippen molar-refractivity contribution in [2.24, 2.45) is 5.41 Å². The molecule has 2 aliphatic heterocycles. The number of likely N-dealkylation sites (tertiary alicyclic amines) is 1. The Bertz CT molecular complexity index is 396. The number of nitrogens with zero attached hydrogens (tertiary/aromatic N) is 1. The van der Waals surface area contributed by atoms with Crippen LogP contribution < -0.4 is 5.32 Å². The van der Waals surface area contributed by atoms with Crippen molar-refractivity contribution < 1.29 is 19.5 Å². The summed E-state index contributed by atoms with van der Waals surface area (Å²) in [6.07, 6.45) is 2.12. The first-order valence-electron chi connectivity index (χ1n) is 6.29. The number of carbonyl (C=O) groups excluding carboxylic acids is 2. The van der Waals surface area contributed by atoms with Gasteiger partial charge >= 0.3 is 5.97 Å². The molecule has 18 heavy (non-hydrogen) atoms. The van der Waals surface area contributed by atoms with Gasteiger partial charge in [-0.1, -0.05) is 13.3 Å². The predicted molar refractivity (Wildman–Crippen MR) is 62.7 cm³/mol. The lowest BCUT2D eigenvalue weighted by atomic mass is 9.83. The summed E-state index contributed by atoms with van der Waals surface area (Å²) in [4.78, 5) is 36.0. The summed E-state index contributed by atoms with van der Waals surface area (Å²) in [5.74, 6) is -1.36. The predicted octanol–water partition coefficient (Wildman–Crippen LogP) is -0.0217. The molecule has 2 N–H and O–H groups in total. The molecule has 0 spiro atoms. The minimum atomic E-state index is -0.795. The van der Waals surface area contributed by atoms with Crippen molar-refractivity contribution in [1.29, 1.82) is 0 Å². The van der Waals surface area contributed by atoms with E-state index in [9.17, 15) is 19.5 Å². The number of hydrogen-bond acceptors (Lipinski definition) is 4. The fourth-order valence-electron chi connectivity index (χ4n) is 2.97. The molecule has 2 heterocycles. The number of imide groups is 1. The second-order valence-corrected chi connectivity index (χ2v) is 5.19. The lowest BCUT2D eigenvalue weighted by Crippen LogP contribution is -2.42. The molecule has 2 saturated heterocycles. The van der Waals surface area contributed by atoms with Crippen LogP contribution in [0, 0.1) is 5.41 Å². The van der Waals surface area contributed by atoms with E-state index < -0.39 is 17.4 Å². The molecule has 0 aromatic heterocycles. The minimum Gasteiger partial charge on any atom is -0.481 e. The van der Waals surface area contributed by atoms with Crippen molar-refractivity contribution in [3.8, 4) is 0 Å². The van der Waals surface area contributed by atoms with Gasteiger partial charge in [0.15, 0.2) is 0 Å². The van der Waals surface area contributed by atoms with Crippen molar-refractivity contribution in [2.45, 2.75) is 38.6 Å². The Labute approximate surface area is 105 Å². The highest BCUT2D eigenvalue weighted by Gasteiger charge is 2.48. The van der Waals surface area contributed by atoms with E-state index in [0.29, 0.717) is 25.9 Å². The highest BCUT2D eigenvalue weighted by Crippen LogP contribution is 2.37. The summed E-state index contributed by atoms with van der Waals surface area (Å²) in [6.45, 7) is 2.89. The first-order valence-corrected chi connectivity index (χ1v) is 6.29. The topological polar surface area (TPSA) is 86.7 Å². The van der Waals surface area contributed by atoms with Crippen molar-refractivity contribution in [3.63, 3.8) is 0 Å². The molecule has 6 heteroatoms. The summed E-state index contributed by atoms with van der Waals surface area (Å²) in [5, 5.41) is 11.6. The molecular weight excluding hydrogens is 236 g/mol. The van der Waals surface area contributed by atoms with Gasteiger partial charge in [-0.15, -0.1) is 0 Å². The Hall–Kier alpha value is -1.43. The average Bonchev–Trinajstić information content (AvgIpc) is 2.84. The van der Waals surface area contributed by atoms with Gasteiger partial charge in [-0.05, 0) is 12.8 Å². The Morgan fingerprint density at radius 1 is 1.56 bits per heavy atom. The van der Waals surface area contributed by atoms with Gasteiger partial charge in [-0.2, -0.15) is 0 Å². The average molecular weight is 254 g/mol. The molecule has 2 aliphatic rings. The number of carboxylic acids is 1. The van der Waals surface area contributed by atoms with Gasteiger partial charge in [0.2, 0.25) is 11.8 Å². The van der Waals surface area contributed by atoms with E-state index in [1.54, 1.807) is 0 Å². The molecule has 2 atom stereocenters. The van der Waals surface area contributed by atoms with Crippen LogP contribution in [0.5, 0.6) is 0 Å². The lowest BCUT2D eigenvalue weighted by Gasteiger charge is -2.26. The van der Waals surface area contributed by atoms with E-state index in [-0.39, 0.29) is 18.2 Å². The zero-order valence-electron chi connectivity index (χ0n) is 10.4. The molecule has 0 aromatic carbocycles. The number of carbonyl (C=O) groups is 3. The Balaban J connectivity index is 2.09. The zero-order valence-corrected chi connectivity index (χ0v) is 10.4. The summed E-state index contributed by atoms with van der Waals surface area (Å²) in [7, 11) is 0. The number of carboxylic acid groups (broad SMARTS) is 1. The van der Waals surface area contributed by atoms with Crippen molar-refractivity contribution in [1.82, 2.24) is 10.2 Å². The van der Waals surface area contributed by atoms with E-state index in [0.717, 1.165) is 6.42 Å². The van der Waals surface area contributed by atoms with Crippen molar-refractivity contribution >= 4 is 17.8 Å². The first-order chi connectivity index (χ1) is 8.48. The van der Waals surface area contributed by atoms with Crippen molar-refractivity contribution in [2.75, 3.05) is 13.1 Å². The van der Waals surface area contributed by atoms with Crippen LogP contribution >= 0.6 is 0 Å². The molecule has 0 saturated carbocycles. The highest BCUT2D eigenvalue weighted by molar-refractivity contribution is 6.05. The van der Waals surface area contributed by atoms with Gasteiger partial charge in [0.1, 0.15) is 0 Å². The van der Waals surface area contributed by atoms with E-state index in [2.05, 4.69) is 5.32 Å². The van der Waals surface area contributed by atoms with Crippen LogP contribution in [0.25, 0.3) is 0 Å². The molecular formula is C12H18N2O4. The maximum absolute atomic E-state index is 11.6. The molecule has 2 unspecified atom stereocenters. The van der Waals surface area contributed by atoms with Gasteiger partial charge in [0, 0.05) is 13.1 Å². The molecule has 0 aliphatic carbocycles.